The fraction of sp³-hybridized carbons (Fsp3) is 0.125. The first-order valence-corrected chi connectivity index (χ1v) is 7.37. The van der Waals surface area contributed by atoms with Crippen LogP contribution < -0.4 is 16.1 Å². The molecule has 1 aromatic carbocycles. The number of fused-ring (bicyclic) bond motifs is 1. The molecule has 0 fully saturated rings. The number of nitro groups is 1. The molecule has 25 heavy (non-hydrogen) atoms. The fourth-order valence-corrected chi connectivity index (χ4v) is 2.89. The van der Waals surface area contributed by atoms with Gasteiger partial charge in [-0.25, -0.2) is 4.79 Å². The van der Waals surface area contributed by atoms with Crippen LogP contribution in [0.2, 0.25) is 5.02 Å². The largest absolute Gasteiger partial charge is 0.440 e. The van der Waals surface area contributed by atoms with Crippen LogP contribution >= 0.6 is 11.6 Å². The van der Waals surface area contributed by atoms with E-state index in [9.17, 15) is 20.2 Å². The molecule has 3 rings (SSSR count). The molecule has 1 unspecified atom stereocenters. The lowest BCUT2D eigenvalue weighted by Crippen LogP contribution is -2.26. The smallest absolute Gasteiger partial charge is 0.343 e. The van der Waals surface area contributed by atoms with E-state index in [2.05, 4.69) is 0 Å². The maximum Gasteiger partial charge on any atom is 0.343 e. The van der Waals surface area contributed by atoms with Crippen molar-refractivity contribution >= 4 is 17.3 Å². The van der Waals surface area contributed by atoms with Crippen molar-refractivity contribution in [1.82, 2.24) is 0 Å². The minimum Gasteiger partial charge on any atom is -0.440 e. The van der Waals surface area contributed by atoms with Gasteiger partial charge in [-0.3, -0.25) is 10.1 Å². The lowest BCUT2D eigenvalue weighted by molar-refractivity contribution is -0.384. The van der Waals surface area contributed by atoms with Crippen molar-refractivity contribution in [1.29, 1.82) is 5.26 Å². The van der Waals surface area contributed by atoms with Gasteiger partial charge in [-0.2, -0.15) is 5.26 Å². The van der Waals surface area contributed by atoms with Gasteiger partial charge in [0.1, 0.15) is 28.2 Å². The van der Waals surface area contributed by atoms with Gasteiger partial charge in [0.05, 0.1) is 16.4 Å². The van der Waals surface area contributed by atoms with Gasteiger partial charge in [-0.1, -0.05) is 17.7 Å². The Labute approximate surface area is 145 Å². The molecule has 0 spiro atoms. The molecule has 1 atom stereocenters. The predicted octanol–water partition coefficient (Wildman–Crippen LogP) is 2.73. The lowest BCUT2D eigenvalue weighted by atomic mass is 9.84. The molecule has 2 heterocycles. The number of halogens is 1. The summed E-state index contributed by atoms with van der Waals surface area (Å²) in [6.45, 7) is 1.56. The Kier molecular flexibility index (Phi) is 3.94. The third-order valence-corrected chi connectivity index (χ3v) is 4.08. The third kappa shape index (κ3) is 2.70. The molecule has 8 nitrogen and oxygen atoms in total. The number of benzene rings is 1. The van der Waals surface area contributed by atoms with Crippen LogP contribution in [0.4, 0.5) is 5.69 Å². The van der Waals surface area contributed by atoms with Gasteiger partial charge in [0.25, 0.3) is 5.69 Å². The molecule has 0 saturated carbocycles. The number of ether oxygens (including phenoxy) is 1. The first-order chi connectivity index (χ1) is 11.8. The lowest BCUT2D eigenvalue weighted by Gasteiger charge is -2.25. The summed E-state index contributed by atoms with van der Waals surface area (Å²) >= 11 is 5.83. The van der Waals surface area contributed by atoms with Crippen LogP contribution in [0.1, 0.15) is 22.8 Å². The zero-order chi connectivity index (χ0) is 18.3. The van der Waals surface area contributed by atoms with E-state index in [0.717, 1.165) is 0 Å². The number of rotatable bonds is 2. The number of nitriles is 1. The molecule has 0 saturated heterocycles. The van der Waals surface area contributed by atoms with Gasteiger partial charge < -0.3 is 14.9 Å². The summed E-state index contributed by atoms with van der Waals surface area (Å²) in [6, 6.07) is 7.37. The summed E-state index contributed by atoms with van der Waals surface area (Å²) in [7, 11) is 0. The van der Waals surface area contributed by atoms with Crippen molar-refractivity contribution in [3.05, 3.63) is 78.2 Å². The average Bonchev–Trinajstić information content (AvgIpc) is 2.53. The number of nitrogens with zero attached hydrogens (tertiary/aromatic N) is 2. The van der Waals surface area contributed by atoms with Crippen LogP contribution in [0.5, 0.6) is 5.75 Å². The fourth-order valence-electron chi connectivity index (χ4n) is 2.70. The highest BCUT2D eigenvalue weighted by atomic mass is 35.5. The van der Waals surface area contributed by atoms with Gasteiger partial charge in [-0.05, 0) is 18.6 Å². The normalized spacial score (nSPS) is 16.0. The van der Waals surface area contributed by atoms with E-state index < -0.39 is 16.5 Å². The molecule has 0 aliphatic carbocycles. The number of nitro benzene ring substituents is 1. The standard InChI is InChI=1S/C16H10ClN3O5/c1-7-4-12-14(16(21)24-7)13(9(6-18)15(19)25-12)8-2-3-10(17)11(5-8)20(22)23/h2-5,13H,19H2,1H3. The summed E-state index contributed by atoms with van der Waals surface area (Å²) in [4.78, 5) is 22.8. The quantitative estimate of drug-likeness (QED) is 0.643. The third-order valence-electron chi connectivity index (χ3n) is 3.76. The first-order valence-electron chi connectivity index (χ1n) is 6.99. The molecule has 9 heteroatoms. The van der Waals surface area contributed by atoms with Crippen molar-refractivity contribution < 1.29 is 14.1 Å². The van der Waals surface area contributed by atoms with Crippen LogP contribution in [0.15, 0.2) is 44.9 Å². The molecule has 2 N–H and O–H groups in total. The SMILES string of the molecule is Cc1cc2c(c(=O)o1)C(c1ccc(Cl)c([N+](=O)[O-])c1)C(C#N)=C(N)O2. The van der Waals surface area contributed by atoms with E-state index >= 15 is 0 Å². The molecule has 1 aliphatic rings. The summed E-state index contributed by atoms with van der Waals surface area (Å²) in [6.07, 6.45) is 0. The van der Waals surface area contributed by atoms with Crippen LogP contribution in [0.3, 0.4) is 0 Å². The van der Waals surface area contributed by atoms with Crippen molar-refractivity contribution in [2.75, 3.05) is 0 Å². The Morgan fingerprint density at radius 1 is 1.40 bits per heavy atom. The van der Waals surface area contributed by atoms with Crippen molar-refractivity contribution in [3.8, 4) is 11.8 Å². The van der Waals surface area contributed by atoms with Gasteiger partial charge >= 0.3 is 5.63 Å². The second-order valence-electron chi connectivity index (χ2n) is 5.32. The summed E-state index contributed by atoms with van der Waals surface area (Å²) in [5.74, 6) is -0.685. The number of allylic oxidation sites excluding steroid dienone is 1. The Balaban J connectivity index is 2.32. The highest BCUT2D eigenvalue weighted by Gasteiger charge is 2.35. The second kappa shape index (κ2) is 5.96. The zero-order valence-electron chi connectivity index (χ0n) is 12.8. The van der Waals surface area contributed by atoms with E-state index in [4.69, 9.17) is 26.5 Å². The molecule has 0 radical (unpaired) electrons. The molecule has 0 amide bonds. The van der Waals surface area contributed by atoms with Crippen LogP contribution in [-0.2, 0) is 0 Å². The predicted molar refractivity (Wildman–Crippen MR) is 87.1 cm³/mol. The molecule has 126 valence electrons. The van der Waals surface area contributed by atoms with E-state index in [-0.39, 0.29) is 33.5 Å². The Bertz CT molecular complexity index is 1040. The summed E-state index contributed by atoms with van der Waals surface area (Å²) in [5.41, 5.74) is 5.05. The minimum atomic E-state index is -0.957. The van der Waals surface area contributed by atoms with E-state index in [1.165, 1.54) is 24.3 Å². The minimum absolute atomic E-state index is 0.0414. The maximum absolute atomic E-state index is 12.3. The first kappa shape index (κ1) is 16.5. The van der Waals surface area contributed by atoms with E-state index in [0.29, 0.717) is 11.3 Å². The Morgan fingerprint density at radius 3 is 2.76 bits per heavy atom. The number of nitrogens with two attached hydrogens (primary N) is 1. The van der Waals surface area contributed by atoms with Crippen molar-refractivity contribution in [2.24, 2.45) is 5.73 Å². The number of hydrogen-bond donors (Lipinski definition) is 1. The summed E-state index contributed by atoms with van der Waals surface area (Å²) < 4.78 is 10.5. The van der Waals surface area contributed by atoms with Gasteiger partial charge in [-0.15, -0.1) is 0 Å². The monoisotopic (exact) mass is 359 g/mol. The van der Waals surface area contributed by atoms with Gasteiger partial charge in [0, 0.05) is 12.1 Å². The van der Waals surface area contributed by atoms with Crippen LogP contribution in [0, 0.1) is 28.4 Å². The van der Waals surface area contributed by atoms with Gasteiger partial charge in [0.2, 0.25) is 5.88 Å². The van der Waals surface area contributed by atoms with Crippen LogP contribution in [-0.4, -0.2) is 4.92 Å². The highest BCUT2D eigenvalue weighted by molar-refractivity contribution is 6.32. The topological polar surface area (TPSA) is 132 Å². The van der Waals surface area contributed by atoms with Crippen molar-refractivity contribution in [2.45, 2.75) is 12.8 Å². The number of hydrogen-bond acceptors (Lipinski definition) is 7. The molecule has 2 aromatic rings. The van der Waals surface area contributed by atoms with Crippen LogP contribution in [0.25, 0.3) is 0 Å². The average molecular weight is 360 g/mol. The molecule has 1 aromatic heterocycles. The molecular formula is C16H10ClN3O5. The zero-order valence-corrected chi connectivity index (χ0v) is 13.5. The molecule has 0 bridgehead atoms. The Hall–Kier alpha value is -3.31. The Morgan fingerprint density at radius 2 is 2.12 bits per heavy atom. The van der Waals surface area contributed by atoms with E-state index in [1.54, 1.807) is 6.92 Å². The molecule has 1 aliphatic heterocycles. The van der Waals surface area contributed by atoms with Gasteiger partial charge in [0.15, 0.2) is 0 Å². The molecular weight excluding hydrogens is 350 g/mol. The highest BCUT2D eigenvalue weighted by Crippen LogP contribution is 2.42. The van der Waals surface area contributed by atoms with E-state index in [1.807, 2.05) is 6.07 Å². The maximum atomic E-state index is 12.3. The van der Waals surface area contributed by atoms with Crippen molar-refractivity contribution in [3.63, 3.8) is 0 Å². The second-order valence-corrected chi connectivity index (χ2v) is 5.72. The number of aryl methyl sites for hydroxylation is 1. The summed E-state index contributed by atoms with van der Waals surface area (Å²) in [5, 5.41) is 20.5.